The van der Waals surface area contributed by atoms with Crippen LogP contribution >= 0.6 is 0 Å². The summed E-state index contributed by atoms with van der Waals surface area (Å²) in [7, 11) is 0. The average Bonchev–Trinajstić information content (AvgIpc) is 2.98. The summed E-state index contributed by atoms with van der Waals surface area (Å²) in [4.78, 5) is 25.7. The standard InChI is InChI=1S/C16H23NO3/c18-14(9-11-5-2-1-3-6-11)17-10-12-7-4-8-13(12)15(17)16(19)20/h5,12-13,15H,1-4,6-10H2,(H,19,20). The van der Waals surface area contributed by atoms with E-state index in [1.54, 1.807) is 4.90 Å². The van der Waals surface area contributed by atoms with Crippen molar-refractivity contribution in [1.29, 1.82) is 0 Å². The fourth-order valence-electron chi connectivity index (χ4n) is 4.24. The van der Waals surface area contributed by atoms with E-state index in [2.05, 4.69) is 6.08 Å². The van der Waals surface area contributed by atoms with Gasteiger partial charge in [0.05, 0.1) is 0 Å². The van der Waals surface area contributed by atoms with E-state index in [1.807, 2.05) is 0 Å². The summed E-state index contributed by atoms with van der Waals surface area (Å²) in [6.45, 7) is 0.660. The van der Waals surface area contributed by atoms with Crippen LogP contribution in [-0.2, 0) is 9.59 Å². The van der Waals surface area contributed by atoms with Gasteiger partial charge in [-0.25, -0.2) is 4.79 Å². The molecule has 1 saturated carbocycles. The number of rotatable bonds is 3. The molecule has 1 saturated heterocycles. The molecule has 110 valence electrons. The second-order valence-electron chi connectivity index (χ2n) is 6.47. The van der Waals surface area contributed by atoms with Gasteiger partial charge in [0.1, 0.15) is 6.04 Å². The van der Waals surface area contributed by atoms with Crippen LogP contribution in [0.5, 0.6) is 0 Å². The molecule has 3 unspecified atom stereocenters. The molecule has 0 radical (unpaired) electrons. The van der Waals surface area contributed by atoms with Gasteiger partial charge in [0.15, 0.2) is 0 Å². The predicted octanol–water partition coefficient (Wildman–Crippen LogP) is 2.59. The number of carboxylic acids is 1. The van der Waals surface area contributed by atoms with Crippen molar-refractivity contribution >= 4 is 11.9 Å². The average molecular weight is 277 g/mol. The van der Waals surface area contributed by atoms with Crippen molar-refractivity contribution in [1.82, 2.24) is 4.90 Å². The normalized spacial score (nSPS) is 32.9. The molecule has 1 aliphatic heterocycles. The fraction of sp³-hybridized carbons (Fsp3) is 0.750. The van der Waals surface area contributed by atoms with Crippen LogP contribution in [0.4, 0.5) is 0 Å². The van der Waals surface area contributed by atoms with Crippen LogP contribution in [0.25, 0.3) is 0 Å². The SMILES string of the molecule is O=C(O)C1C2CCCC2CN1C(=O)CC1=CCCCC1. The zero-order valence-corrected chi connectivity index (χ0v) is 11.9. The summed E-state index contributed by atoms with van der Waals surface area (Å²) in [5.74, 6) is -0.178. The highest BCUT2D eigenvalue weighted by Gasteiger charge is 2.49. The molecule has 0 aromatic carbocycles. The van der Waals surface area contributed by atoms with Crippen molar-refractivity contribution in [3.8, 4) is 0 Å². The van der Waals surface area contributed by atoms with E-state index >= 15 is 0 Å². The zero-order chi connectivity index (χ0) is 14.1. The van der Waals surface area contributed by atoms with Gasteiger partial charge >= 0.3 is 5.97 Å². The molecule has 2 fully saturated rings. The molecule has 0 spiro atoms. The minimum Gasteiger partial charge on any atom is -0.480 e. The molecule has 1 amide bonds. The van der Waals surface area contributed by atoms with Crippen LogP contribution in [0, 0.1) is 11.8 Å². The number of carbonyl (C=O) groups is 2. The summed E-state index contributed by atoms with van der Waals surface area (Å²) in [5, 5.41) is 9.48. The predicted molar refractivity (Wildman–Crippen MR) is 75.1 cm³/mol. The monoisotopic (exact) mass is 277 g/mol. The van der Waals surface area contributed by atoms with E-state index in [-0.39, 0.29) is 11.8 Å². The number of amides is 1. The zero-order valence-electron chi connectivity index (χ0n) is 11.9. The molecule has 3 rings (SSSR count). The van der Waals surface area contributed by atoms with Gasteiger partial charge in [0.2, 0.25) is 5.91 Å². The summed E-state index contributed by atoms with van der Waals surface area (Å²) < 4.78 is 0. The van der Waals surface area contributed by atoms with Crippen LogP contribution in [-0.4, -0.2) is 34.5 Å². The second-order valence-corrected chi connectivity index (χ2v) is 6.47. The molecule has 0 aromatic rings. The molecule has 1 N–H and O–H groups in total. The van der Waals surface area contributed by atoms with Crippen molar-refractivity contribution in [3.05, 3.63) is 11.6 Å². The molecule has 1 heterocycles. The Kier molecular flexibility index (Phi) is 3.81. The first-order valence-electron chi connectivity index (χ1n) is 7.87. The molecule has 0 bridgehead atoms. The fourth-order valence-corrected chi connectivity index (χ4v) is 4.24. The maximum Gasteiger partial charge on any atom is 0.326 e. The first kappa shape index (κ1) is 13.7. The van der Waals surface area contributed by atoms with Crippen molar-refractivity contribution < 1.29 is 14.7 Å². The Morgan fingerprint density at radius 1 is 1.25 bits per heavy atom. The number of aliphatic carboxylic acids is 1. The molecular formula is C16H23NO3. The highest BCUT2D eigenvalue weighted by Crippen LogP contribution is 2.42. The van der Waals surface area contributed by atoms with Crippen molar-refractivity contribution in [2.75, 3.05) is 6.54 Å². The highest BCUT2D eigenvalue weighted by atomic mass is 16.4. The molecule has 20 heavy (non-hydrogen) atoms. The van der Waals surface area contributed by atoms with E-state index in [0.29, 0.717) is 18.9 Å². The summed E-state index contributed by atoms with van der Waals surface area (Å²) in [5.41, 5.74) is 1.21. The van der Waals surface area contributed by atoms with E-state index in [4.69, 9.17) is 0 Å². The second kappa shape index (κ2) is 5.58. The molecule has 2 aliphatic carbocycles. The first-order chi connectivity index (χ1) is 9.66. The van der Waals surface area contributed by atoms with Crippen molar-refractivity contribution in [3.63, 3.8) is 0 Å². The van der Waals surface area contributed by atoms with Gasteiger partial charge < -0.3 is 10.0 Å². The third kappa shape index (κ3) is 2.48. The number of likely N-dealkylation sites (tertiary alicyclic amines) is 1. The van der Waals surface area contributed by atoms with Gasteiger partial charge in [-0.3, -0.25) is 4.79 Å². The number of carbonyl (C=O) groups excluding carboxylic acids is 1. The van der Waals surface area contributed by atoms with Crippen LogP contribution < -0.4 is 0 Å². The van der Waals surface area contributed by atoms with Crippen LogP contribution in [0.1, 0.15) is 51.4 Å². The number of carboxylic acid groups (broad SMARTS) is 1. The smallest absolute Gasteiger partial charge is 0.326 e. The minimum atomic E-state index is -0.814. The van der Waals surface area contributed by atoms with E-state index in [1.165, 1.54) is 12.0 Å². The Labute approximate surface area is 119 Å². The molecule has 0 aromatic heterocycles. The van der Waals surface area contributed by atoms with Crippen LogP contribution in [0.15, 0.2) is 11.6 Å². The first-order valence-corrected chi connectivity index (χ1v) is 7.87. The van der Waals surface area contributed by atoms with Crippen molar-refractivity contribution in [2.24, 2.45) is 11.8 Å². The number of hydrogen-bond acceptors (Lipinski definition) is 2. The van der Waals surface area contributed by atoms with Gasteiger partial charge in [0.25, 0.3) is 0 Å². The van der Waals surface area contributed by atoms with Crippen LogP contribution in [0.3, 0.4) is 0 Å². The Hall–Kier alpha value is -1.32. The molecule has 3 aliphatic rings. The van der Waals surface area contributed by atoms with Gasteiger partial charge in [0, 0.05) is 13.0 Å². The summed E-state index contributed by atoms with van der Waals surface area (Å²) in [6, 6.07) is -0.570. The number of hydrogen-bond donors (Lipinski definition) is 1. The van der Waals surface area contributed by atoms with E-state index in [9.17, 15) is 14.7 Å². The maximum atomic E-state index is 12.5. The van der Waals surface area contributed by atoms with Gasteiger partial charge in [-0.15, -0.1) is 0 Å². The lowest BCUT2D eigenvalue weighted by atomic mass is 9.94. The molecular weight excluding hydrogens is 254 g/mol. The molecule has 4 heteroatoms. The quantitative estimate of drug-likeness (QED) is 0.807. The van der Waals surface area contributed by atoms with Gasteiger partial charge in [-0.1, -0.05) is 18.1 Å². The van der Waals surface area contributed by atoms with E-state index < -0.39 is 12.0 Å². The van der Waals surface area contributed by atoms with E-state index in [0.717, 1.165) is 38.5 Å². The molecule has 3 atom stereocenters. The lowest BCUT2D eigenvalue weighted by Gasteiger charge is -2.25. The third-order valence-corrected chi connectivity index (χ3v) is 5.23. The highest BCUT2D eigenvalue weighted by molar-refractivity contribution is 5.86. The maximum absolute atomic E-state index is 12.5. The topological polar surface area (TPSA) is 57.6 Å². The lowest BCUT2D eigenvalue weighted by Crippen LogP contribution is -2.43. The third-order valence-electron chi connectivity index (χ3n) is 5.23. The number of fused-ring (bicyclic) bond motifs is 1. The Morgan fingerprint density at radius 2 is 2.10 bits per heavy atom. The Balaban J connectivity index is 1.70. The molecule has 4 nitrogen and oxygen atoms in total. The lowest BCUT2D eigenvalue weighted by molar-refractivity contribution is -0.149. The van der Waals surface area contributed by atoms with Crippen molar-refractivity contribution in [2.45, 2.75) is 57.4 Å². The minimum absolute atomic E-state index is 0.0277. The van der Waals surface area contributed by atoms with Gasteiger partial charge in [-0.2, -0.15) is 0 Å². The number of allylic oxidation sites excluding steroid dienone is 1. The number of nitrogens with zero attached hydrogens (tertiary/aromatic N) is 1. The largest absolute Gasteiger partial charge is 0.480 e. The van der Waals surface area contributed by atoms with Gasteiger partial charge in [-0.05, 0) is 50.4 Å². The Morgan fingerprint density at radius 3 is 2.80 bits per heavy atom. The summed E-state index contributed by atoms with van der Waals surface area (Å²) >= 11 is 0. The van der Waals surface area contributed by atoms with Crippen LogP contribution in [0.2, 0.25) is 0 Å². The summed E-state index contributed by atoms with van der Waals surface area (Å²) in [6.07, 6.45) is 10.2. The Bertz CT molecular complexity index is 443.